The lowest BCUT2D eigenvalue weighted by Gasteiger charge is -2.44. The topological polar surface area (TPSA) is 58.4 Å². The van der Waals surface area contributed by atoms with E-state index in [2.05, 4.69) is 4.98 Å². The second-order valence-electron chi connectivity index (χ2n) is 7.65. The molecule has 2 aromatic rings. The Morgan fingerprint density at radius 3 is 2.52 bits per heavy atom. The van der Waals surface area contributed by atoms with Crippen molar-refractivity contribution in [1.82, 2.24) is 14.5 Å². The lowest BCUT2D eigenvalue weighted by molar-refractivity contribution is -0.0543. The summed E-state index contributed by atoms with van der Waals surface area (Å²) in [6.45, 7) is 4.49. The van der Waals surface area contributed by atoms with Gasteiger partial charge in [-0.15, -0.1) is 0 Å². The minimum Gasteiger partial charge on any atom is -0.388 e. The third-order valence-electron chi connectivity index (χ3n) is 5.85. The van der Waals surface area contributed by atoms with Crippen LogP contribution in [0, 0.1) is 13.8 Å². The molecule has 3 heterocycles. The minimum absolute atomic E-state index is 0.117. The van der Waals surface area contributed by atoms with E-state index in [4.69, 9.17) is 0 Å². The molecule has 1 amide bonds. The number of aliphatic hydroxyl groups is 1. The molecule has 0 spiro atoms. The average Bonchev–Trinajstić information content (AvgIpc) is 3.09. The monoisotopic (exact) mass is 339 g/mol. The van der Waals surface area contributed by atoms with Crippen LogP contribution >= 0.6 is 0 Å². The summed E-state index contributed by atoms with van der Waals surface area (Å²) in [6.07, 6.45) is 6.92. The molecule has 1 N–H and O–H groups in total. The van der Waals surface area contributed by atoms with Crippen molar-refractivity contribution in [3.05, 3.63) is 53.6 Å². The predicted molar refractivity (Wildman–Crippen MR) is 95.3 cm³/mol. The van der Waals surface area contributed by atoms with Gasteiger partial charge in [-0.2, -0.15) is 0 Å². The largest absolute Gasteiger partial charge is 0.388 e. The Balaban J connectivity index is 1.55. The number of carbonyl (C=O) groups excluding carboxylic acids is 1. The maximum Gasteiger partial charge on any atom is 0.254 e. The molecule has 2 saturated heterocycles. The first-order chi connectivity index (χ1) is 12.0. The number of amides is 1. The Bertz CT molecular complexity index is 784. The fourth-order valence-corrected chi connectivity index (χ4v) is 4.62. The van der Waals surface area contributed by atoms with Gasteiger partial charge < -0.3 is 14.6 Å². The highest BCUT2D eigenvalue weighted by Crippen LogP contribution is 2.42. The third kappa shape index (κ3) is 2.86. The number of aromatic nitrogens is 2. The van der Waals surface area contributed by atoms with Gasteiger partial charge in [-0.05, 0) is 51.2 Å². The molecule has 5 nitrogen and oxygen atoms in total. The van der Waals surface area contributed by atoms with Crippen LogP contribution in [0.4, 0.5) is 0 Å². The maximum atomic E-state index is 13.1. The van der Waals surface area contributed by atoms with E-state index >= 15 is 0 Å². The van der Waals surface area contributed by atoms with E-state index in [-0.39, 0.29) is 18.0 Å². The van der Waals surface area contributed by atoms with Crippen LogP contribution in [0.15, 0.2) is 36.7 Å². The summed E-state index contributed by atoms with van der Waals surface area (Å²) in [7, 11) is 0. The molecule has 1 aromatic heterocycles. The summed E-state index contributed by atoms with van der Waals surface area (Å²) in [5, 5.41) is 11.2. The molecule has 2 fully saturated rings. The van der Waals surface area contributed by atoms with Gasteiger partial charge >= 0.3 is 0 Å². The molecule has 2 aliphatic rings. The Kier molecular flexibility index (Phi) is 3.91. The molecule has 2 bridgehead atoms. The lowest BCUT2D eigenvalue weighted by Crippen LogP contribution is -2.54. The van der Waals surface area contributed by atoms with Crippen molar-refractivity contribution in [1.29, 1.82) is 0 Å². The number of aryl methyl sites for hydroxylation is 2. The standard InChI is InChI=1S/C20H25N3O2/c1-14-5-3-4-6-18(14)19(24)23-16-7-8-17(23)12-20(25,11-16)13-22-10-9-21-15(22)2/h3-6,9-10,16-17,25H,7-8,11-13H2,1-2H3. The minimum atomic E-state index is -0.764. The second kappa shape index (κ2) is 5.99. The first kappa shape index (κ1) is 16.3. The van der Waals surface area contributed by atoms with Crippen LogP contribution < -0.4 is 0 Å². The van der Waals surface area contributed by atoms with Crippen LogP contribution in [-0.2, 0) is 6.54 Å². The second-order valence-corrected chi connectivity index (χ2v) is 7.65. The fraction of sp³-hybridized carbons (Fsp3) is 0.500. The summed E-state index contributed by atoms with van der Waals surface area (Å²) in [5.41, 5.74) is 1.04. The molecule has 5 heteroatoms. The van der Waals surface area contributed by atoms with E-state index in [9.17, 15) is 9.90 Å². The summed E-state index contributed by atoms with van der Waals surface area (Å²) in [4.78, 5) is 19.4. The smallest absolute Gasteiger partial charge is 0.254 e. The molecule has 1 aromatic carbocycles. The van der Waals surface area contributed by atoms with E-state index in [1.54, 1.807) is 6.20 Å². The van der Waals surface area contributed by atoms with Crippen molar-refractivity contribution in [3.63, 3.8) is 0 Å². The molecule has 0 aliphatic carbocycles. The van der Waals surface area contributed by atoms with Gasteiger partial charge in [0.05, 0.1) is 12.1 Å². The van der Waals surface area contributed by atoms with Gasteiger partial charge in [0.2, 0.25) is 0 Å². The van der Waals surface area contributed by atoms with Gasteiger partial charge in [-0.25, -0.2) is 4.98 Å². The molecule has 0 radical (unpaired) electrons. The summed E-state index contributed by atoms with van der Waals surface area (Å²) in [6, 6.07) is 8.02. The maximum absolute atomic E-state index is 13.1. The Morgan fingerprint density at radius 1 is 1.24 bits per heavy atom. The van der Waals surface area contributed by atoms with Crippen LogP contribution in [-0.4, -0.2) is 43.1 Å². The number of rotatable bonds is 3. The van der Waals surface area contributed by atoms with Crippen molar-refractivity contribution >= 4 is 5.91 Å². The average molecular weight is 339 g/mol. The number of piperidine rings is 1. The van der Waals surface area contributed by atoms with E-state index in [1.807, 2.05) is 53.8 Å². The first-order valence-electron chi connectivity index (χ1n) is 9.05. The predicted octanol–water partition coefficient (Wildman–Crippen LogP) is 2.70. The molecule has 2 atom stereocenters. The molecule has 25 heavy (non-hydrogen) atoms. The van der Waals surface area contributed by atoms with E-state index in [0.29, 0.717) is 19.4 Å². The van der Waals surface area contributed by atoms with E-state index in [0.717, 1.165) is 29.8 Å². The van der Waals surface area contributed by atoms with Crippen molar-refractivity contribution in [2.24, 2.45) is 0 Å². The van der Waals surface area contributed by atoms with E-state index < -0.39 is 5.60 Å². The SMILES string of the molecule is Cc1ccccc1C(=O)N1C2CCC1CC(O)(Cn1ccnc1C)C2. The highest BCUT2D eigenvalue weighted by atomic mass is 16.3. The molecule has 0 saturated carbocycles. The zero-order valence-corrected chi connectivity index (χ0v) is 14.9. The lowest BCUT2D eigenvalue weighted by atomic mass is 9.85. The molecule has 4 rings (SSSR count). The Morgan fingerprint density at radius 2 is 1.92 bits per heavy atom. The van der Waals surface area contributed by atoms with Crippen molar-refractivity contribution in [2.45, 2.75) is 63.8 Å². The highest BCUT2D eigenvalue weighted by Gasteiger charge is 2.49. The fourth-order valence-electron chi connectivity index (χ4n) is 4.62. The normalized spacial score (nSPS) is 28.4. The zero-order chi connectivity index (χ0) is 17.6. The summed E-state index contributed by atoms with van der Waals surface area (Å²) in [5.74, 6) is 1.03. The number of hydrogen-bond donors (Lipinski definition) is 1. The van der Waals surface area contributed by atoms with Crippen molar-refractivity contribution in [3.8, 4) is 0 Å². The van der Waals surface area contributed by atoms with Gasteiger partial charge in [0.15, 0.2) is 0 Å². The zero-order valence-electron chi connectivity index (χ0n) is 14.9. The first-order valence-corrected chi connectivity index (χ1v) is 9.05. The number of imidazole rings is 1. The van der Waals surface area contributed by atoms with Crippen LogP contribution in [0.2, 0.25) is 0 Å². The van der Waals surface area contributed by atoms with Crippen LogP contribution in [0.25, 0.3) is 0 Å². The van der Waals surface area contributed by atoms with Gasteiger partial charge in [0.25, 0.3) is 5.91 Å². The quantitative estimate of drug-likeness (QED) is 0.935. The van der Waals surface area contributed by atoms with Gasteiger partial charge in [0.1, 0.15) is 5.82 Å². The van der Waals surface area contributed by atoms with Gasteiger partial charge in [0, 0.05) is 30.0 Å². The van der Waals surface area contributed by atoms with E-state index in [1.165, 1.54) is 0 Å². The van der Waals surface area contributed by atoms with Crippen LogP contribution in [0.5, 0.6) is 0 Å². The highest BCUT2D eigenvalue weighted by molar-refractivity contribution is 5.96. The summed E-state index contributed by atoms with van der Waals surface area (Å²) < 4.78 is 2.01. The molecular formula is C20H25N3O2. The number of carbonyl (C=O) groups is 1. The van der Waals surface area contributed by atoms with Crippen molar-refractivity contribution in [2.75, 3.05) is 0 Å². The van der Waals surface area contributed by atoms with Gasteiger partial charge in [-0.3, -0.25) is 4.79 Å². The third-order valence-corrected chi connectivity index (χ3v) is 5.85. The Labute approximate surface area is 148 Å². The number of benzene rings is 1. The molecule has 2 unspecified atom stereocenters. The van der Waals surface area contributed by atoms with Gasteiger partial charge in [-0.1, -0.05) is 18.2 Å². The molecule has 2 aliphatic heterocycles. The number of fused-ring (bicyclic) bond motifs is 2. The van der Waals surface area contributed by atoms with Crippen molar-refractivity contribution < 1.29 is 9.90 Å². The van der Waals surface area contributed by atoms with Crippen LogP contribution in [0.1, 0.15) is 47.4 Å². The van der Waals surface area contributed by atoms with Crippen LogP contribution in [0.3, 0.4) is 0 Å². The number of nitrogens with zero attached hydrogens (tertiary/aromatic N) is 3. The molecule has 132 valence electrons. The summed E-state index contributed by atoms with van der Waals surface area (Å²) >= 11 is 0. The molecular weight excluding hydrogens is 314 g/mol. The number of hydrogen-bond acceptors (Lipinski definition) is 3. The Hall–Kier alpha value is -2.14.